The minimum absolute atomic E-state index is 0.148. The summed E-state index contributed by atoms with van der Waals surface area (Å²) in [5, 5.41) is 0. The second-order valence-corrected chi connectivity index (χ2v) is 4.26. The molecule has 1 aliphatic rings. The summed E-state index contributed by atoms with van der Waals surface area (Å²) >= 11 is 0. The molecule has 0 saturated heterocycles. The average Bonchev–Trinajstić information content (AvgIpc) is 2.35. The molecule has 0 aromatic heterocycles. The molecule has 0 unspecified atom stereocenters. The van der Waals surface area contributed by atoms with Crippen molar-refractivity contribution >= 4 is 5.97 Å². The van der Waals surface area contributed by atoms with Crippen molar-refractivity contribution in [2.75, 3.05) is 6.61 Å². The van der Waals surface area contributed by atoms with Gasteiger partial charge < -0.3 is 9.47 Å². The molecule has 17 heavy (non-hydrogen) atoms. The summed E-state index contributed by atoms with van der Waals surface area (Å²) in [7, 11) is 0. The Labute approximate surface area is 103 Å². The number of hydrogen-bond donors (Lipinski definition) is 0. The molecule has 3 heteroatoms. The zero-order valence-electron chi connectivity index (χ0n) is 10.6. The Morgan fingerprint density at radius 1 is 1.29 bits per heavy atom. The van der Waals surface area contributed by atoms with Gasteiger partial charge in [-0.05, 0) is 18.6 Å². The van der Waals surface area contributed by atoms with Crippen molar-refractivity contribution in [2.45, 2.75) is 51.9 Å². The van der Waals surface area contributed by atoms with E-state index in [0.29, 0.717) is 18.8 Å². The predicted molar refractivity (Wildman–Crippen MR) is 67.3 cm³/mol. The van der Waals surface area contributed by atoms with Gasteiger partial charge in [0.1, 0.15) is 12.4 Å². The highest BCUT2D eigenvalue weighted by molar-refractivity contribution is 5.70. The Bertz CT molecular complexity index is 279. The van der Waals surface area contributed by atoms with Crippen LogP contribution < -0.4 is 0 Å². The first-order valence-corrected chi connectivity index (χ1v) is 6.51. The van der Waals surface area contributed by atoms with Crippen molar-refractivity contribution in [3.8, 4) is 0 Å². The Morgan fingerprint density at radius 3 is 2.76 bits per heavy atom. The van der Waals surface area contributed by atoms with Gasteiger partial charge in [-0.3, -0.25) is 4.79 Å². The third kappa shape index (κ3) is 6.82. The van der Waals surface area contributed by atoms with Crippen LogP contribution in [0.4, 0.5) is 0 Å². The SMILES string of the molecule is CCCCCCCCC(=O)OC1=CC=COC1. The molecule has 0 atom stereocenters. The molecule has 0 radical (unpaired) electrons. The summed E-state index contributed by atoms with van der Waals surface area (Å²) in [6.07, 6.45) is 12.7. The van der Waals surface area contributed by atoms with Crippen LogP contribution in [0.25, 0.3) is 0 Å². The van der Waals surface area contributed by atoms with Crippen LogP contribution in [-0.4, -0.2) is 12.6 Å². The lowest BCUT2D eigenvalue weighted by atomic mass is 10.1. The molecule has 1 aliphatic heterocycles. The molecule has 0 aromatic rings. The second kappa shape index (κ2) is 8.85. The van der Waals surface area contributed by atoms with Crippen LogP contribution in [0, 0.1) is 0 Å². The quantitative estimate of drug-likeness (QED) is 0.477. The first-order chi connectivity index (χ1) is 8.33. The fourth-order valence-electron chi connectivity index (χ4n) is 1.69. The Hall–Kier alpha value is -1.25. The number of carbonyl (C=O) groups is 1. The first kappa shape index (κ1) is 13.8. The zero-order valence-corrected chi connectivity index (χ0v) is 10.6. The van der Waals surface area contributed by atoms with E-state index >= 15 is 0 Å². The number of allylic oxidation sites excluding steroid dienone is 2. The lowest BCUT2D eigenvalue weighted by Gasteiger charge is -2.10. The van der Waals surface area contributed by atoms with Crippen LogP contribution in [0.15, 0.2) is 24.2 Å². The number of ether oxygens (including phenoxy) is 2. The standard InChI is InChI=1S/C14H22O3/c1-2-3-4-5-6-7-10-14(15)17-13-9-8-11-16-12-13/h8-9,11H,2-7,10,12H2,1H3. The molecule has 0 aromatic carbocycles. The monoisotopic (exact) mass is 238 g/mol. The maximum absolute atomic E-state index is 11.5. The first-order valence-electron chi connectivity index (χ1n) is 6.51. The zero-order chi connectivity index (χ0) is 12.3. The van der Waals surface area contributed by atoms with Crippen LogP contribution in [-0.2, 0) is 14.3 Å². The second-order valence-electron chi connectivity index (χ2n) is 4.26. The van der Waals surface area contributed by atoms with E-state index in [2.05, 4.69) is 6.92 Å². The molecule has 0 fully saturated rings. The molecule has 96 valence electrons. The highest BCUT2D eigenvalue weighted by Gasteiger charge is 2.08. The van der Waals surface area contributed by atoms with Gasteiger partial charge in [0.2, 0.25) is 0 Å². The predicted octanol–water partition coefficient (Wildman–Crippen LogP) is 3.71. The third-order valence-electron chi connectivity index (χ3n) is 2.66. The van der Waals surface area contributed by atoms with E-state index in [1.165, 1.54) is 25.7 Å². The smallest absolute Gasteiger partial charge is 0.310 e. The molecule has 0 bridgehead atoms. The number of unbranched alkanes of at least 4 members (excludes halogenated alkanes) is 5. The van der Waals surface area contributed by atoms with Crippen LogP contribution >= 0.6 is 0 Å². The topological polar surface area (TPSA) is 35.5 Å². The third-order valence-corrected chi connectivity index (χ3v) is 2.66. The highest BCUT2D eigenvalue weighted by Crippen LogP contribution is 2.10. The van der Waals surface area contributed by atoms with E-state index < -0.39 is 0 Å². The Balaban J connectivity index is 2.01. The van der Waals surface area contributed by atoms with Gasteiger partial charge >= 0.3 is 5.97 Å². The van der Waals surface area contributed by atoms with Crippen molar-refractivity contribution < 1.29 is 14.3 Å². The summed E-state index contributed by atoms with van der Waals surface area (Å²) in [4.78, 5) is 11.5. The summed E-state index contributed by atoms with van der Waals surface area (Å²) in [5.74, 6) is 0.453. The van der Waals surface area contributed by atoms with Crippen LogP contribution in [0.3, 0.4) is 0 Å². The van der Waals surface area contributed by atoms with Crippen LogP contribution in [0.5, 0.6) is 0 Å². The summed E-state index contributed by atoms with van der Waals surface area (Å²) < 4.78 is 10.2. The summed E-state index contributed by atoms with van der Waals surface area (Å²) in [6.45, 7) is 2.56. The number of hydrogen-bond acceptors (Lipinski definition) is 3. The van der Waals surface area contributed by atoms with Gasteiger partial charge in [-0.25, -0.2) is 0 Å². The van der Waals surface area contributed by atoms with Gasteiger partial charge in [-0.2, -0.15) is 0 Å². The van der Waals surface area contributed by atoms with Crippen LogP contribution in [0.2, 0.25) is 0 Å². The van der Waals surface area contributed by atoms with Gasteiger partial charge in [-0.15, -0.1) is 0 Å². The molecular formula is C14H22O3. The molecule has 0 aliphatic carbocycles. The normalized spacial score (nSPS) is 14.1. The largest absolute Gasteiger partial charge is 0.493 e. The highest BCUT2D eigenvalue weighted by atomic mass is 16.6. The van der Waals surface area contributed by atoms with Crippen molar-refractivity contribution in [3.05, 3.63) is 24.2 Å². The van der Waals surface area contributed by atoms with Crippen molar-refractivity contribution in [2.24, 2.45) is 0 Å². The Morgan fingerprint density at radius 2 is 2.06 bits per heavy atom. The van der Waals surface area contributed by atoms with Crippen molar-refractivity contribution in [1.29, 1.82) is 0 Å². The lowest BCUT2D eigenvalue weighted by Crippen LogP contribution is -2.09. The van der Waals surface area contributed by atoms with Gasteiger partial charge in [0.15, 0.2) is 0 Å². The van der Waals surface area contributed by atoms with Gasteiger partial charge in [0.25, 0.3) is 0 Å². The number of rotatable bonds is 8. The average molecular weight is 238 g/mol. The number of carbonyl (C=O) groups excluding carboxylic acids is 1. The Kier molecular flexibility index (Phi) is 7.19. The van der Waals surface area contributed by atoms with E-state index in [0.717, 1.165) is 12.8 Å². The molecule has 0 N–H and O–H groups in total. The molecule has 0 saturated carbocycles. The maximum atomic E-state index is 11.5. The number of esters is 1. The summed E-state index contributed by atoms with van der Waals surface area (Å²) in [5.41, 5.74) is 0. The minimum Gasteiger partial charge on any atom is -0.493 e. The van der Waals surface area contributed by atoms with E-state index in [1.54, 1.807) is 18.4 Å². The molecule has 1 heterocycles. The lowest BCUT2D eigenvalue weighted by molar-refractivity contribution is -0.140. The van der Waals surface area contributed by atoms with Crippen molar-refractivity contribution in [3.63, 3.8) is 0 Å². The van der Waals surface area contributed by atoms with Gasteiger partial charge in [-0.1, -0.05) is 39.0 Å². The van der Waals surface area contributed by atoms with E-state index in [1.807, 2.05) is 0 Å². The van der Waals surface area contributed by atoms with Crippen molar-refractivity contribution in [1.82, 2.24) is 0 Å². The maximum Gasteiger partial charge on any atom is 0.310 e. The minimum atomic E-state index is -0.148. The molecule has 0 spiro atoms. The van der Waals surface area contributed by atoms with E-state index in [-0.39, 0.29) is 5.97 Å². The fraction of sp³-hybridized carbons (Fsp3) is 0.643. The van der Waals surface area contributed by atoms with E-state index in [4.69, 9.17) is 9.47 Å². The summed E-state index contributed by atoms with van der Waals surface area (Å²) in [6, 6.07) is 0. The van der Waals surface area contributed by atoms with Gasteiger partial charge in [0, 0.05) is 6.42 Å². The molecule has 3 nitrogen and oxygen atoms in total. The molecular weight excluding hydrogens is 216 g/mol. The van der Waals surface area contributed by atoms with Gasteiger partial charge in [0.05, 0.1) is 6.26 Å². The molecule has 1 rings (SSSR count). The molecule has 0 amide bonds. The fourth-order valence-corrected chi connectivity index (χ4v) is 1.69. The van der Waals surface area contributed by atoms with E-state index in [9.17, 15) is 4.79 Å². The van der Waals surface area contributed by atoms with Crippen LogP contribution in [0.1, 0.15) is 51.9 Å².